The summed E-state index contributed by atoms with van der Waals surface area (Å²) in [6.07, 6.45) is 7.46. The van der Waals surface area contributed by atoms with Gasteiger partial charge in [0.2, 0.25) is 0 Å². The van der Waals surface area contributed by atoms with Crippen LogP contribution in [-0.4, -0.2) is 55.3 Å². The summed E-state index contributed by atoms with van der Waals surface area (Å²) in [4.78, 5) is 12.9. The molecule has 0 N–H and O–H groups in total. The van der Waals surface area contributed by atoms with Gasteiger partial charge in [-0.15, -0.1) is 0 Å². The van der Waals surface area contributed by atoms with Crippen molar-refractivity contribution in [3.63, 3.8) is 0 Å². The van der Waals surface area contributed by atoms with Gasteiger partial charge in [0.1, 0.15) is 34.9 Å². The number of methoxy groups -OCH3 is 1. The molecule has 6 atom stereocenters. The van der Waals surface area contributed by atoms with Crippen LogP contribution in [0.4, 0.5) is 0 Å². The fourth-order valence-electron chi connectivity index (χ4n) is 6.12. The van der Waals surface area contributed by atoms with Crippen LogP contribution in [-0.2, 0) is 35.1 Å². The molecule has 2 heterocycles. The Bertz CT molecular complexity index is 1270. The maximum atomic E-state index is 12.9. The molecule has 3 aliphatic rings. The van der Waals surface area contributed by atoms with Crippen molar-refractivity contribution in [1.29, 1.82) is 0 Å². The molecule has 7 nitrogen and oxygen atoms in total. The number of esters is 1. The minimum atomic E-state index is -0.390. The third kappa shape index (κ3) is 7.14. The van der Waals surface area contributed by atoms with E-state index in [0.29, 0.717) is 25.4 Å². The van der Waals surface area contributed by atoms with E-state index in [-0.39, 0.29) is 41.5 Å². The number of carbonyl (C=O) groups is 1. The van der Waals surface area contributed by atoms with Crippen molar-refractivity contribution in [3.05, 3.63) is 77.4 Å². The maximum Gasteiger partial charge on any atom is 0.331 e. The molecular formula is C35H44O7. The quantitative estimate of drug-likeness (QED) is 0.116. The molecule has 2 aliphatic heterocycles. The lowest BCUT2D eigenvalue weighted by atomic mass is 9.68. The first-order valence-corrected chi connectivity index (χ1v) is 15.0. The monoisotopic (exact) mass is 576 g/mol. The zero-order valence-electron chi connectivity index (χ0n) is 25.6. The number of benzene rings is 2. The average Bonchev–Trinajstić information content (AvgIpc) is 3.88. The third-order valence-electron chi connectivity index (χ3n) is 8.54. The normalized spacial score (nSPS) is 30.0. The van der Waals surface area contributed by atoms with Crippen LogP contribution in [0.25, 0.3) is 6.08 Å². The van der Waals surface area contributed by atoms with Gasteiger partial charge in [0.25, 0.3) is 0 Å². The third-order valence-corrected chi connectivity index (χ3v) is 8.54. The highest BCUT2D eigenvalue weighted by atomic mass is 16.6. The van der Waals surface area contributed by atoms with Crippen LogP contribution in [0.2, 0.25) is 0 Å². The van der Waals surface area contributed by atoms with Crippen LogP contribution in [0.15, 0.2) is 66.3 Å². The molecule has 3 fully saturated rings. The molecule has 1 aliphatic carbocycles. The van der Waals surface area contributed by atoms with Gasteiger partial charge in [0, 0.05) is 13.2 Å². The van der Waals surface area contributed by atoms with Crippen molar-refractivity contribution in [2.45, 2.75) is 96.1 Å². The van der Waals surface area contributed by atoms with Gasteiger partial charge in [-0.1, -0.05) is 35.9 Å². The molecular weight excluding hydrogens is 532 g/mol. The van der Waals surface area contributed by atoms with Crippen molar-refractivity contribution in [3.8, 4) is 11.5 Å². The summed E-state index contributed by atoms with van der Waals surface area (Å²) < 4.78 is 35.8. The van der Waals surface area contributed by atoms with Crippen LogP contribution < -0.4 is 4.74 Å². The van der Waals surface area contributed by atoms with Crippen LogP contribution in [0.3, 0.4) is 0 Å². The summed E-state index contributed by atoms with van der Waals surface area (Å²) in [5, 5.41) is 0. The highest BCUT2D eigenvalue weighted by Crippen LogP contribution is 2.59. The van der Waals surface area contributed by atoms with Gasteiger partial charge in [-0.3, -0.25) is 0 Å². The maximum absolute atomic E-state index is 12.9. The second-order valence-electron chi connectivity index (χ2n) is 12.4. The first kappa shape index (κ1) is 30.5. The molecule has 42 heavy (non-hydrogen) atoms. The van der Waals surface area contributed by atoms with E-state index >= 15 is 0 Å². The second-order valence-corrected chi connectivity index (χ2v) is 12.4. The van der Waals surface area contributed by atoms with Gasteiger partial charge in [-0.05, 0) is 95.3 Å². The van der Waals surface area contributed by atoms with E-state index in [1.165, 1.54) is 11.6 Å². The molecule has 0 aromatic heterocycles. The van der Waals surface area contributed by atoms with Crippen LogP contribution in [0.1, 0.15) is 65.0 Å². The predicted molar refractivity (Wildman–Crippen MR) is 161 cm³/mol. The molecule has 1 saturated carbocycles. The number of ether oxygens (including phenoxy) is 6. The summed E-state index contributed by atoms with van der Waals surface area (Å²) in [6.45, 7) is 11.7. The molecule has 1 spiro atoms. The first-order valence-electron chi connectivity index (χ1n) is 15.0. The molecule has 0 bridgehead atoms. The van der Waals surface area contributed by atoms with Gasteiger partial charge in [-0.2, -0.15) is 0 Å². The summed E-state index contributed by atoms with van der Waals surface area (Å²) in [7, 11) is 1.69. The summed E-state index contributed by atoms with van der Waals surface area (Å²) >= 11 is 0. The minimum absolute atomic E-state index is 0.00166. The van der Waals surface area contributed by atoms with Crippen LogP contribution in [0, 0.1) is 5.92 Å². The predicted octanol–water partition coefficient (Wildman–Crippen LogP) is 7.04. The van der Waals surface area contributed by atoms with Gasteiger partial charge < -0.3 is 28.4 Å². The molecule has 0 radical (unpaired) electrons. The lowest BCUT2D eigenvalue weighted by Gasteiger charge is -2.42. The van der Waals surface area contributed by atoms with Crippen LogP contribution >= 0.6 is 0 Å². The molecule has 2 saturated heterocycles. The SMILES string of the molecule is CO[C@H]1[C@H](C2(C)OC2CC=C(C)C)[C@]2(CC[C@H]1OC(=O)/C=C/c1ccc(Oc3ccc(COC(C)C)cc3)cc1)CO2. The largest absolute Gasteiger partial charge is 0.457 e. The lowest BCUT2D eigenvalue weighted by molar-refractivity contribution is -0.166. The van der Waals surface area contributed by atoms with E-state index in [9.17, 15) is 4.79 Å². The number of allylic oxidation sites excluding steroid dienone is 1. The lowest BCUT2D eigenvalue weighted by Crippen LogP contribution is -2.55. The Hall–Kier alpha value is -2.97. The van der Waals surface area contributed by atoms with E-state index in [0.717, 1.165) is 29.7 Å². The van der Waals surface area contributed by atoms with E-state index < -0.39 is 5.97 Å². The Morgan fingerprint density at radius 1 is 1.07 bits per heavy atom. The average molecular weight is 577 g/mol. The number of epoxide rings is 2. The molecule has 5 rings (SSSR count). The Balaban J connectivity index is 1.16. The van der Waals surface area contributed by atoms with Gasteiger partial charge in [-0.25, -0.2) is 4.79 Å². The zero-order valence-corrected chi connectivity index (χ0v) is 25.6. The Labute approximate surface area is 249 Å². The molecule has 0 amide bonds. The van der Waals surface area contributed by atoms with Crippen molar-refractivity contribution >= 4 is 12.0 Å². The number of carbonyl (C=O) groups excluding carboxylic acids is 1. The summed E-state index contributed by atoms with van der Waals surface area (Å²) in [5.41, 5.74) is 2.63. The molecule has 2 aromatic rings. The van der Waals surface area contributed by atoms with Crippen molar-refractivity contribution in [1.82, 2.24) is 0 Å². The van der Waals surface area contributed by atoms with Gasteiger partial charge in [0.05, 0.1) is 31.3 Å². The van der Waals surface area contributed by atoms with Crippen LogP contribution in [0.5, 0.6) is 11.5 Å². The van der Waals surface area contributed by atoms with Crippen molar-refractivity contribution in [2.24, 2.45) is 5.92 Å². The molecule has 226 valence electrons. The van der Waals surface area contributed by atoms with E-state index in [1.807, 2.05) is 62.4 Å². The molecule has 2 aromatic carbocycles. The molecule has 7 heteroatoms. The van der Waals surface area contributed by atoms with E-state index in [1.54, 1.807) is 13.2 Å². The number of hydrogen-bond acceptors (Lipinski definition) is 7. The highest BCUT2D eigenvalue weighted by molar-refractivity contribution is 5.87. The van der Waals surface area contributed by atoms with Crippen molar-refractivity contribution in [2.75, 3.05) is 13.7 Å². The zero-order chi connectivity index (χ0) is 29.9. The molecule has 2 unspecified atom stereocenters. The van der Waals surface area contributed by atoms with Gasteiger partial charge >= 0.3 is 5.97 Å². The number of rotatable bonds is 12. The summed E-state index contributed by atoms with van der Waals surface area (Å²) in [5.74, 6) is 1.07. The fourth-order valence-corrected chi connectivity index (χ4v) is 6.12. The summed E-state index contributed by atoms with van der Waals surface area (Å²) in [6, 6.07) is 15.4. The number of hydrogen-bond donors (Lipinski definition) is 0. The van der Waals surface area contributed by atoms with Crippen molar-refractivity contribution < 1.29 is 33.2 Å². The Morgan fingerprint density at radius 2 is 1.74 bits per heavy atom. The highest BCUT2D eigenvalue weighted by Gasteiger charge is 2.72. The topological polar surface area (TPSA) is 79.1 Å². The fraction of sp³-hybridized carbons (Fsp3) is 0.514. The Kier molecular flexibility index (Phi) is 9.23. The standard InChI is InChI=1S/C35H44O7/c1-23(2)7-17-30-34(5,42-30)33-32(37-6)29(19-20-35(33)22-39-35)41-31(36)18-12-25-8-13-27(14-9-25)40-28-15-10-26(11-16-28)21-38-24(3)4/h7-16,18,24,29-30,32-33H,17,19-22H2,1-6H3/b18-12+/t29-,30?,32-,33-,34?,35+/m1/s1. The van der Waals surface area contributed by atoms with Gasteiger partial charge in [0.15, 0.2) is 0 Å². The Morgan fingerprint density at radius 3 is 2.33 bits per heavy atom. The minimum Gasteiger partial charge on any atom is -0.457 e. The second kappa shape index (κ2) is 12.7. The van der Waals surface area contributed by atoms with E-state index in [2.05, 4.69) is 26.8 Å². The first-order chi connectivity index (χ1) is 20.1. The van der Waals surface area contributed by atoms with E-state index in [4.69, 9.17) is 28.4 Å². The smallest absolute Gasteiger partial charge is 0.331 e.